The Morgan fingerprint density at radius 2 is 2.05 bits per heavy atom. The summed E-state index contributed by atoms with van der Waals surface area (Å²) in [5.41, 5.74) is 0.989. The molecule has 0 aliphatic heterocycles. The van der Waals surface area contributed by atoms with Crippen LogP contribution < -0.4 is 14.8 Å². The number of ether oxygens (including phenoxy) is 2. The van der Waals surface area contributed by atoms with Crippen LogP contribution in [-0.2, 0) is 0 Å². The average molecular weight is 256 g/mol. The van der Waals surface area contributed by atoms with Crippen molar-refractivity contribution >= 4 is 11.6 Å². The van der Waals surface area contributed by atoms with Crippen molar-refractivity contribution in [3.63, 3.8) is 0 Å². The number of methoxy groups -OCH3 is 2. The lowest BCUT2D eigenvalue weighted by Gasteiger charge is -2.11. The summed E-state index contributed by atoms with van der Waals surface area (Å²) in [7, 11) is 3.15. The Balaban J connectivity index is 2.30. The number of anilines is 2. The topological polar surface area (TPSA) is 80.1 Å². The molecule has 1 aromatic heterocycles. The molecule has 0 amide bonds. The van der Waals surface area contributed by atoms with E-state index in [-0.39, 0.29) is 0 Å². The molecule has 1 heterocycles. The number of hydrogen-bond donors (Lipinski definition) is 1. The summed E-state index contributed by atoms with van der Waals surface area (Å²) in [5.74, 6) is 1.63. The molecule has 0 saturated heterocycles. The SMILES string of the molecule is COc1ccc(Nc2nccc(C#N)n2)c(OC)c1. The van der Waals surface area contributed by atoms with Crippen LogP contribution in [0.5, 0.6) is 11.5 Å². The molecule has 0 saturated carbocycles. The maximum absolute atomic E-state index is 8.79. The molecule has 0 spiro atoms. The molecule has 0 aliphatic rings. The Hall–Kier alpha value is -2.81. The fraction of sp³-hybridized carbons (Fsp3) is 0.154. The predicted molar refractivity (Wildman–Crippen MR) is 69.6 cm³/mol. The lowest BCUT2D eigenvalue weighted by Crippen LogP contribution is -2.00. The van der Waals surface area contributed by atoms with Gasteiger partial charge in [-0.05, 0) is 18.2 Å². The second-order valence-corrected chi connectivity index (χ2v) is 3.57. The van der Waals surface area contributed by atoms with E-state index >= 15 is 0 Å². The monoisotopic (exact) mass is 256 g/mol. The number of nitriles is 1. The molecular formula is C13H12N4O2. The highest BCUT2D eigenvalue weighted by molar-refractivity contribution is 5.64. The normalized spacial score (nSPS) is 9.53. The van der Waals surface area contributed by atoms with Crippen molar-refractivity contribution in [3.8, 4) is 17.6 Å². The fourth-order valence-corrected chi connectivity index (χ4v) is 1.50. The fourth-order valence-electron chi connectivity index (χ4n) is 1.50. The lowest BCUT2D eigenvalue weighted by molar-refractivity contribution is 0.395. The maximum Gasteiger partial charge on any atom is 0.228 e. The number of nitrogens with one attached hydrogen (secondary N) is 1. The van der Waals surface area contributed by atoms with E-state index in [1.807, 2.05) is 6.07 Å². The molecule has 1 aromatic carbocycles. The van der Waals surface area contributed by atoms with Crippen molar-refractivity contribution in [2.45, 2.75) is 0 Å². The summed E-state index contributed by atoms with van der Waals surface area (Å²) in [6.45, 7) is 0. The standard InChI is InChI=1S/C13H12N4O2/c1-18-10-3-4-11(12(7-10)19-2)17-13-15-6-5-9(8-14)16-13/h3-7H,1-2H3,(H,15,16,17). The second kappa shape index (κ2) is 5.69. The third-order valence-corrected chi connectivity index (χ3v) is 2.43. The average Bonchev–Trinajstić information content (AvgIpc) is 2.48. The molecule has 96 valence electrons. The summed E-state index contributed by atoms with van der Waals surface area (Å²) in [5, 5.41) is 11.8. The Bertz CT molecular complexity index is 622. The minimum absolute atomic E-state index is 0.296. The van der Waals surface area contributed by atoms with Crippen molar-refractivity contribution < 1.29 is 9.47 Å². The van der Waals surface area contributed by atoms with Gasteiger partial charge in [0.2, 0.25) is 5.95 Å². The summed E-state index contributed by atoms with van der Waals surface area (Å²) in [4.78, 5) is 8.07. The lowest BCUT2D eigenvalue weighted by atomic mass is 10.2. The molecule has 1 N–H and O–H groups in total. The molecular weight excluding hydrogens is 244 g/mol. The van der Waals surface area contributed by atoms with Crippen LogP contribution >= 0.6 is 0 Å². The zero-order valence-corrected chi connectivity index (χ0v) is 10.5. The molecule has 2 aromatic rings. The Kier molecular flexibility index (Phi) is 3.78. The van der Waals surface area contributed by atoms with Crippen molar-refractivity contribution in [3.05, 3.63) is 36.2 Å². The van der Waals surface area contributed by atoms with Gasteiger partial charge in [0.15, 0.2) is 0 Å². The van der Waals surface area contributed by atoms with E-state index in [1.165, 1.54) is 12.3 Å². The van der Waals surface area contributed by atoms with Crippen molar-refractivity contribution in [1.82, 2.24) is 9.97 Å². The van der Waals surface area contributed by atoms with Gasteiger partial charge < -0.3 is 14.8 Å². The largest absolute Gasteiger partial charge is 0.497 e. The summed E-state index contributed by atoms with van der Waals surface area (Å²) < 4.78 is 10.4. The Morgan fingerprint density at radius 1 is 1.21 bits per heavy atom. The zero-order valence-electron chi connectivity index (χ0n) is 10.5. The van der Waals surface area contributed by atoms with Crippen LogP contribution in [0.25, 0.3) is 0 Å². The van der Waals surface area contributed by atoms with Crippen LogP contribution in [0.4, 0.5) is 11.6 Å². The van der Waals surface area contributed by atoms with Crippen molar-refractivity contribution in [1.29, 1.82) is 5.26 Å². The van der Waals surface area contributed by atoms with Gasteiger partial charge in [-0.3, -0.25) is 0 Å². The molecule has 0 unspecified atom stereocenters. The van der Waals surface area contributed by atoms with Gasteiger partial charge in [-0.15, -0.1) is 0 Å². The number of rotatable bonds is 4. The highest BCUT2D eigenvalue weighted by atomic mass is 16.5. The molecule has 0 fully saturated rings. The van der Waals surface area contributed by atoms with Crippen LogP contribution in [0, 0.1) is 11.3 Å². The first-order valence-electron chi connectivity index (χ1n) is 5.49. The first kappa shape index (κ1) is 12.6. The highest BCUT2D eigenvalue weighted by Crippen LogP contribution is 2.30. The van der Waals surface area contributed by atoms with Gasteiger partial charge in [0.1, 0.15) is 23.3 Å². The van der Waals surface area contributed by atoms with Gasteiger partial charge in [0, 0.05) is 12.3 Å². The van der Waals surface area contributed by atoms with Gasteiger partial charge >= 0.3 is 0 Å². The molecule has 0 atom stereocenters. The molecule has 2 rings (SSSR count). The van der Waals surface area contributed by atoms with Crippen LogP contribution in [0.1, 0.15) is 5.69 Å². The first-order valence-corrected chi connectivity index (χ1v) is 5.49. The Labute approximate surface area is 110 Å². The first-order chi connectivity index (χ1) is 9.26. The van der Waals surface area contributed by atoms with E-state index in [1.54, 1.807) is 32.4 Å². The minimum Gasteiger partial charge on any atom is -0.497 e. The third kappa shape index (κ3) is 2.90. The molecule has 6 heteroatoms. The van der Waals surface area contributed by atoms with Gasteiger partial charge in [-0.1, -0.05) is 0 Å². The van der Waals surface area contributed by atoms with Crippen molar-refractivity contribution in [2.24, 2.45) is 0 Å². The van der Waals surface area contributed by atoms with E-state index in [2.05, 4.69) is 15.3 Å². The number of hydrogen-bond acceptors (Lipinski definition) is 6. The molecule has 0 bridgehead atoms. The second-order valence-electron chi connectivity index (χ2n) is 3.57. The number of aromatic nitrogens is 2. The molecule has 6 nitrogen and oxygen atoms in total. The van der Waals surface area contributed by atoms with E-state index < -0.39 is 0 Å². The smallest absolute Gasteiger partial charge is 0.228 e. The summed E-state index contributed by atoms with van der Waals surface area (Å²) in [6, 6.07) is 8.82. The van der Waals surface area contributed by atoms with Gasteiger partial charge in [0.25, 0.3) is 0 Å². The van der Waals surface area contributed by atoms with E-state index in [4.69, 9.17) is 14.7 Å². The minimum atomic E-state index is 0.296. The zero-order chi connectivity index (χ0) is 13.7. The van der Waals surface area contributed by atoms with Crippen LogP contribution in [0.2, 0.25) is 0 Å². The van der Waals surface area contributed by atoms with E-state index in [9.17, 15) is 0 Å². The quantitative estimate of drug-likeness (QED) is 0.902. The number of nitrogens with zero attached hydrogens (tertiary/aromatic N) is 3. The van der Waals surface area contributed by atoms with Crippen molar-refractivity contribution in [2.75, 3.05) is 19.5 Å². The maximum atomic E-state index is 8.79. The highest BCUT2D eigenvalue weighted by Gasteiger charge is 2.07. The Morgan fingerprint density at radius 3 is 2.74 bits per heavy atom. The van der Waals surface area contributed by atoms with E-state index in [0.29, 0.717) is 28.8 Å². The summed E-state index contributed by atoms with van der Waals surface area (Å²) >= 11 is 0. The molecule has 0 radical (unpaired) electrons. The third-order valence-electron chi connectivity index (χ3n) is 2.43. The van der Waals surface area contributed by atoms with Crippen LogP contribution in [0.15, 0.2) is 30.5 Å². The van der Waals surface area contributed by atoms with Crippen LogP contribution in [-0.4, -0.2) is 24.2 Å². The van der Waals surface area contributed by atoms with Gasteiger partial charge in [-0.2, -0.15) is 5.26 Å². The van der Waals surface area contributed by atoms with Crippen LogP contribution in [0.3, 0.4) is 0 Å². The van der Waals surface area contributed by atoms with E-state index in [0.717, 1.165) is 0 Å². The molecule has 19 heavy (non-hydrogen) atoms. The molecule has 0 aliphatic carbocycles. The number of benzene rings is 1. The predicted octanol–water partition coefficient (Wildman–Crippen LogP) is 2.11. The summed E-state index contributed by atoms with van der Waals surface area (Å²) in [6.07, 6.45) is 1.52. The van der Waals surface area contributed by atoms with Gasteiger partial charge in [-0.25, -0.2) is 9.97 Å². The van der Waals surface area contributed by atoms with Gasteiger partial charge in [0.05, 0.1) is 19.9 Å².